The lowest BCUT2D eigenvalue weighted by Crippen LogP contribution is -2.19. The largest absolute Gasteiger partial charge is 0.393 e. The molecule has 0 aromatic rings. The van der Waals surface area contributed by atoms with E-state index < -0.39 is 32.0 Å². The van der Waals surface area contributed by atoms with Gasteiger partial charge in [-0.1, -0.05) is 0 Å². The molecule has 2 atom stereocenters. The molecular formula is C5H10O2. The third-order valence-corrected chi connectivity index (χ3v) is 0.483. The van der Waals surface area contributed by atoms with Gasteiger partial charge in [0.15, 0.2) is 0 Å². The molecule has 42 valence electrons. The van der Waals surface area contributed by atoms with E-state index in [0.29, 0.717) is 0 Å². The number of rotatable bonds is 0. The van der Waals surface area contributed by atoms with Crippen LogP contribution >= 0.6 is 0 Å². The SMILES string of the molecule is [2H]C1OC([2H])([2H])C([2H])([2H])C([2H])(O)C1([2H])[2H]. The molecule has 1 heterocycles. The Bertz CT molecular complexity index is 274. The zero-order valence-corrected chi connectivity index (χ0v) is 3.43. The molecule has 1 aliphatic rings. The Morgan fingerprint density at radius 1 is 1.86 bits per heavy atom. The van der Waals surface area contributed by atoms with E-state index in [-0.39, 0.29) is 0 Å². The lowest BCUT2D eigenvalue weighted by molar-refractivity contribution is 0.0140. The predicted molar refractivity (Wildman–Crippen MR) is 26.1 cm³/mol. The van der Waals surface area contributed by atoms with E-state index in [1.165, 1.54) is 0 Å². The van der Waals surface area contributed by atoms with Crippen LogP contribution in [0.1, 0.15) is 23.7 Å². The molecule has 0 bridgehead atoms. The average molecular weight is 110 g/mol. The monoisotopic (exact) mass is 110 g/mol. The van der Waals surface area contributed by atoms with E-state index in [9.17, 15) is 5.11 Å². The van der Waals surface area contributed by atoms with Crippen LogP contribution in [0.5, 0.6) is 0 Å². The van der Waals surface area contributed by atoms with Crippen molar-refractivity contribution in [2.24, 2.45) is 0 Å². The second-order valence-corrected chi connectivity index (χ2v) is 0.956. The van der Waals surface area contributed by atoms with E-state index in [1.807, 2.05) is 0 Å². The van der Waals surface area contributed by atoms with Crippen LogP contribution in [0.3, 0.4) is 0 Å². The first kappa shape index (κ1) is 1.09. The van der Waals surface area contributed by atoms with Crippen molar-refractivity contribution in [2.75, 3.05) is 13.1 Å². The van der Waals surface area contributed by atoms with Crippen LogP contribution in [0.4, 0.5) is 0 Å². The number of ether oxygens (including phenoxy) is 1. The van der Waals surface area contributed by atoms with Crippen LogP contribution in [-0.4, -0.2) is 24.3 Å². The molecule has 0 radical (unpaired) electrons. The minimum Gasteiger partial charge on any atom is -0.393 e. The van der Waals surface area contributed by atoms with Crippen LogP contribution < -0.4 is 0 Å². The topological polar surface area (TPSA) is 29.5 Å². The molecule has 0 aliphatic carbocycles. The third kappa shape index (κ3) is 1.45. The molecule has 1 fully saturated rings. The Balaban J connectivity index is 3.30. The molecule has 2 unspecified atom stereocenters. The fraction of sp³-hybridized carbons (Fsp3) is 1.00. The van der Waals surface area contributed by atoms with Gasteiger partial charge in [-0.3, -0.25) is 0 Å². The molecule has 2 heteroatoms. The Hall–Kier alpha value is -0.0800. The summed E-state index contributed by atoms with van der Waals surface area (Å²) >= 11 is 0. The highest BCUT2D eigenvalue weighted by Crippen LogP contribution is 2.03. The van der Waals surface area contributed by atoms with E-state index in [2.05, 4.69) is 4.74 Å². The highest BCUT2D eigenvalue weighted by Gasteiger charge is 2.07. The lowest BCUT2D eigenvalue weighted by Gasteiger charge is -2.15. The summed E-state index contributed by atoms with van der Waals surface area (Å²) in [4.78, 5) is 0. The van der Waals surface area contributed by atoms with Gasteiger partial charge >= 0.3 is 0 Å². The van der Waals surface area contributed by atoms with Gasteiger partial charge in [0.05, 0.1) is 11.6 Å². The molecule has 0 aromatic carbocycles. The van der Waals surface area contributed by atoms with Gasteiger partial charge in [0.25, 0.3) is 0 Å². The first-order chi connectivity index (χ1) is 6.38. The first-order valence-corrected chi connectivity index (χ1v) is 1.70. The van der Waals surface area contributed by atoms with E-state index >= 15 is 0 Å². The maximum absolute atomic E-state index is 9.41. The molecular weight excluding hydrogens is 92.1 g/mol. The Morgan fingerprint density at radius 2 is 2.71 bits per heavy atom. The van der Waals surface area contributed by atoms with Crippen LogP contribution in [0.15, 0.2) is 0 Å². The van der Waals surface area contributed by atoms with E-state index in [4.69, 9.17) is 11.0 Å². The summed E-state index contributed by atoms with van der Waals surface area (Å²) in [7, 11) is 0. The summed E-state index contributed by atoms with van der Waals surface area (Å²) in [6.45, 7) is -5.26. The van der Waals surface area contributed by atoms with Gasteiger partial charge in [0, 0.05) is 18.6 Å². The summed E-state index contributed by atoms with van der Waals surface area (Å²) in [5.41, 5.74) is 0. The zero-order valence-electron chi connectivity index (χ0n) is 11.4. The van der Waals surface area contributed by atoms with Gasteiger partial charge in [0.2, 0.25) is 0 Å². The van der Waals surface area contributed by atoms with Crippen molar-refractivity contribution in [3.63, 3.8) is 0 Å². The molecule has 2 nitrogen and oxygen atoms in total. The molecule has 1 aliphatic heterocycles. The summed E-state index contributed by atoms with van der Waals surface area (Å²) in [5, 5.41) is 9.41. The normalized spacial score (nSPS) is 92.4. The van der Waals surface area contributed by atoms with Crippen molar-refractivity contribution in [2.45, 2.75) is 18.8 Å². The molecule has 0 aromatic heterocycles. The minimum atomic E-state index is -3.39. The fourth-order valence-corrected chi connectivity index (χ4v) is 0.229. The predicted octanol–water partition coefficient (Wildman–Crippen LogP) is 0.158. The van der Waals surface area contributed by atoms with E-state index in [1.54, 1.807) is 0 Å². The maximum Gasteiger partial charge on any atom is 0.0602 e. The number of hydrogen-bond acceptors (Lipinski definition) is 2. The van der Waals surface area contributed by atoms with Crippen molar-refractivity contribution >= 4 is 0 Å². The Labute approximate surface area is 54.3 Å². The van der Waals surface area contributed by atoms with Crippen molar-refractivity contribution in [1.82, 2.24) is 0 Å². The molecule has 1 N–H and O–H groups in total. The highest BCUT2D eigenvalue weighted by atomic mass is 16.5. The molecule has 7 heavy (non-hydrogen) atoms. The minimum absolute atomic E-state index is 2.17. The zero-order chi connectivity index (χ0) is 12.3. The van der Waals surface area contributed by atoms with Gasteiger partial charge in [0.1, 0.15) is 0 Å². The van der Waals surface area contributed by atoms with Gasteiger partial charge in [-0.25, -0.2) is 0 Å². The third-order valence-electron chi connectivity index (χ3n) is 0.483. The maximum atomic E-state index is 9.41. The second kappa shape index (κ2) is 2.28. The Morgan fingerprint density at radius 3 is 3.57 bits per heavy atom. The van der Waals surface area contributed by atoms with Crippen molar-refractivity contribution in [3.8, 4) is 0 Å². The number of hydrogen-bond donors (Lipinski definition) is 1. The number of aliphatic hydroxyl groups is 1. The van der Waals surface area contributed by atoms with Crippen molar-refractivity contribution < 1.29 is 20.8 Å². The summed E-state index contributed by atoms with van der Waals surface area (Å²) < 4.78 is 61.4. The molecule has 0 amide bonds. The van der Waals surface area contributed by atoms with Gasteiger partial charge < -0.3 is 9.84 Å². The smallest absolute Gasteiger partial charge is 0.0602 e. The first-order valence-electron chi connectivity index (χ1n) is 5.78. The lowest BCUT2D eigenvalue weighted by atomic mass is 10.2. The molecule has 0 spiro atoms. The van der Waals surface area contributed by atoms with Crippen LogP contribution in [0.2, 0.25) is 0 Å². The van der Waals surface area contributed by atoms with Crippen LogP contribution in [0.25, 0.3) is 0 Å². The van der Waals surface area contributed by atoms with Gasteiger partial charge in [-0.15, -0.1) is 0 Å². The van der Waals surface area contributed by atoms with E-state index in [0.717, 1.165) is 0 Å². The fourth-order valence-electron chi connectivity index (χ4n) is 0.229. The van der Waals surface area contributed by atoms with Crippen molar-refractivity contribution in [3.05, 3.63) is 0 Å². The summed E-state index contributed by atoms with van der Waals surface area (Å²) in [5.74, 6) is 0. The molecule has 0 saturated carbocycles. The van der Waals surface area contributed by atoms with Crippen LogP contribution in [0, 0.1) is 0 Å². The Kier molecular flexibility index (Phi) is 0.356. The highest BCUT2D eigenvalue weighted by molar-refractivity contribution is 4.58. The average Bonchev–Trinajstić information content (AvgIpc) is 2.00. The summed E-state index contributed by atoms with van der Waals surface area (Å²) in [6.07, 6.45) is -9.70. The summed E-state index contributed by atoms with van der Waals surface area (Å²) in [6, 6.07) is 0. The molecule has 1 rings (SSSR count). The standard InChI is InChI=1S/C5H10O2/c6-5-1-3-7-4-2-5/h5-6H,1-4H2/i1D2,2D2,3D,4D2,5D. The van der Waals surface area contributed by atoms with Gasteiger partial charge in [-0.2, -0.15) is 0 Å². The van der Waals surface area contributed by atoms with Gasteiger partial charge in [-0.05, 0) is 12.7 Å². The quantitative estimate of drug-likeness (QED) is 0.481. The van der Waals surface area contributed by atoms with Crippen molar-refractivity contribution in [1.29, 1.82) is 0 Å². The van der Waals surface area contributed by atoms with Crippen LogP contribution in [-0.2, 0) is 4.74 Å². The second-order valence-electron chi connectivity index (χ2n) is 0.956. The molecule has 1 saturated heterocycles.